The Labute approximate surface area is 104 Å². The van der Waals surface area contributed by atoms with Crippen LogP contribution in [0.5, 0.6) is 0 Å². The van der Waals surface area contributed by atoms with E-state index in [4.69, 9.17) is 16.3 Å². The molecule has 0 radical (unpaired) electrons. The van der Waals surface area contributed by atoms with E-state index >= 15 is 0 Å². The van der Waals surface area contributed by atoms with Gasteiger partial charge >= 0.3 is 0 Å². The molecule has 0 amide bonds. The quantitative estimate of drug-likeness (QED) is 0.574. The molecule has 0 bridgehead atoms. The van der Waals surface area contributed by atoms with Gasteiger partial charge in [0.1, 0.15) is 0 Å². The van der Waals surface area contributed by atoms with Crippen molar-refractivity contribution in [2.24, 2.45) is 5.41 Å². The Hall–Kier alpha value is 0.210. The van der Waals surface area contributed by atoms with E-state index in [2.05, 4.69) is 5.32 Å². The first-order valence-corrected chi connectivity index (χ1v) is 7.26. The number of alkyl halides is 1. The van der Waals surface area contributed by atoms with E-state index in [1.165, 1.54) is 44.9 Å². The number of halogens is 1. The first-order valence-electron chi connectivity index (χ1n) is 6.73. The molecule has 1 aliphatic carbocycles. The number of nitrogens with one attached hydrogen (secondary N) is 1. The van der Waals surface area contributed by atoms with Gasteiger partial charge in [0.05, 0.1) is 6.10 Å². The molecule has 0 aromatic carbocycles. The predicted molar refractivity (Wildman–Crippen MR) is 68.1 cm³/mol. The zero-order chi connectivity index (χ0) is 11.3. The number of hydrogen-bond acceptors (Lipinski definition) is 2. The molecule has 2 rings (SSSR count). The molecule has 0 spiro atoms. The summed E-state index contributed by atoms with van der Waals surface area (Å²) in [5, 5.41) is 3.58. The minimum absolute atomic E-state index is 0.401. The summed E-state index contributed by atoms with van der Waals surface area (Å²) in [5.74, 6) is 0.819. The van der Waals surface area contributed by atoms with E-state index in [0.717, 1.165) is 25.6 Å². The van der Waals surface area contributed by atoms with Crippen LogP contribution in [0.2, 0.25) is 0 Å². The normalized spacial score (nSPS) is 28.7. The van der Waals surface area contributed by atoms with Crippen LogP contribution < -0.4 is 5.32 Å². The Balaban J connectivity index is 1.59. The lowest BCUT2D eigenvalue weighted by atomic mass is 9.88. The molecule has 0 aromatic heterocycles. The van der Waals surface area contributed by atoms with Crippen molar-refractivity contribution in [2.45, 2.75) is 51.0 Å². The highest BCUT2D eigenvalue weighted by Crippen LogP contribution is 2.38. The van der Waals surface area contributed by atoms with Crippen molar-refractivity contribution in [1.29, 1.82) is 0 Å². The maximum Gasteiger partial charge on any atom is 0.0588 e. The molecule has 1 N–H and O–H groups in total. The molecule has 1 unspecified atom stereocenters. The van der Waals surface area contributed by atoms with Gasteiger partial charge in [-0.3, -0.25) is 0 Å². The molecule has 2 aliphatic rings. The Bertz CT molecular complexity index is 198. The van der Waals surface area contributed by atoms with Crippen molar-refractivity contribution in [3.8, 4) is 0 Å². The van der Waals surface area contributed by atoms with Gasteiger partial charge in [-0.25, -0.2) is 0 Å². The van der Waals surface area contributed by atoms with E-state index in [1.807, 2.05) is 0 Å². The third-order valence-electron chi connectivity index (χ3n) is 4.11. The second kappa shape index (κ2) is 6.23. The van der Waals surface area contributed by atoms with Crippen LogP contribution in [0.1, 0.15) is 44.9 Å². The average molecular weight is 246 g/mol. The van der Waals surface area contributed by atoms with Crippen molar-refractivity contribution in [3.63, 3.8) is 0 Å². The van der Waals surface area contributed by atoms with Crippen molar-refractivity contribution in [2.75, 3.05) is 25.6 Å². The van der Waals surface area contributed by atoms with E-state index in [0.29, 0.717) is 11.5 Å². The lowest BCUT2D eigenvalue weighted by molar-refractivity contribution is 0.103. The van der Waals surface area contributed by atoms with Crippen LogP contribution in [0.3, 0.4) is 0 Å². The van der Waals surface area contributed by atoms with Crippen LogP contribution in [0, 0.1) is 5.41 Å². The van der Waals surface area contributed by atoms with E-state index < -0.39 is 0 Å². The SMILES string of the molecule is ClCC1(CNCCC2CCCO2)CCCC1. The maximum absolute atomic E-state index is 6.11. The summed E-state index contributed by atoms with van der Waals surface area (Å²) in [5.41, 5.74) is 0.401. The summed E-state index contributed by atoms with van der Waals surface area (Å²) >= 11 is 6.11. The largest absolute Gasteiger partial charge is 0.378 e. The molecule has 16 heavy (non-hydrogen) atoms. The molecule has 1 aliphatic heterocycles. The molecule has 1 atom stereocenters. The fourth-order valence-electron chi connectivity index (χ4n) is 2.97. The first kappa shape index (κ1) is 12.7. The van der Waals surface area contributed by atoms with Crippen molar-refractivity contribution < 1.29 is 4.74 Å². The minimum atomic E-state index is 0.401. The Kier molecular flexibility index (Phi) is 4.93. The summed E-state index contributed by atoms with van der Waals surface area (Å²) in [6.07, 6.45) is 9.52. The van der Waals surface area contributed by atoms with Crippen LogP contribution in [-0.4, -0.2) is 31.7 Å². The fourth-order valence-corrected chi connectivity index (χ4v) is 3.33. The third-order valence-corrected chi connectivity index (χ3v) is 4.68. The molecule has 94 valence electrons. The molecule has 1 saturated heterocycles. The van der Waals surface area contributed by atoms with E-state index in [1.54, 1.807) is 0 Å². The van der Waals surface area contributed by atoms with Gasteiger partial charge in [-0.1, -0.05) is 12.8 Å². The van der Waals surface area contributed by atoms with Gasteiger partial charge in [0, 0.05) is 19.0 Å². The monoisotopic (exact) mass is 245 g/mol. The Morgan fingerprint density at radius 2 is 2.06 bits per heavy atom. The predicted octanol–water partition coefficient (Wildman–Crippen LogP) is 2.94. The number of hydrogen-bond donors (Lipinski definition) is 1. The first-order chi connectivity index (χ1) is 7.85. The van der Waals surface area contributed by atoms with Gasteiger partial charge in [0.15, 0.2) is 0 Å². The smallest absolute Gasteiger partial charge is 0.0588 e. The molecule has 2 fully saturated rings. The van der Waals surface area contributed by atoms with Crippen LogP contribution in [0.25, 0.3) is 0 Å². The minimum Gasteiger partial charge on any atom is -0.378 e. The second-order valence-corrected chi connectivity index (χ2v) is 5.71. The van der Waals surface area contributed by atoms with Gasteiger partial charge in [-0.05, 0) is 44.1 Å². The topological polar surface area (TPSA) is 21.3 Å². The average Bonchev–Trinajstić information content (AvgIpc) is 2.97. The second-order valence-electron chi connectivity index (χ2n) is 5.44. The Morgan fingerprint density at radius 1 is 1.25 bits per heavy atom. The van der Waals surface area contributed by atoms with Gasteiger partial charge in [-0.2, -0.15) is 0 Å². The lowest BCUT2D eigenvalue weighted by Crippen LogP contribution is -2.35. The Morgan fingerprint density at radius 3 is 2.69 bits per heavy atom. The molecular weight excluding hydrogens is 222 g/mol. The van der Waals surface area contributed by atoms with Gasteiger partial charge < -0.3 is 10.1 Å². The zero-order valence-electron chi connectivity index (χ0n) is 10.1. The highest BCUT2D eigenvalue weighted by molar-refractivity contribution is 6.18. The van der Waals surface area contributed by atoms with Gasteiger partial charge in [0.25, 0.3) is 0 Å². The number of ether oxygens (including phenoxy) is 1. The van der Waals surface area contributed by atoms with Crippen molar-refractivity contribution >= 4 is 11.6 Å². The standard InChI is InChI=1S/C13H24ClNO/c14-10-13(6-1-2-7-13)11-15-8-5-12-4-3-9-16-12/h12,15H,1-11H2. The molecule has 1 heterocycles. The molecule has 1 saturated carbocycles. The van der Waals surface area contributed by atoms with Crippen LogP contribution >= 0.6 is 11.6 Å². The summed E-state index contributed by atoms with van der Waals surface area (Å²) in [4.78, 5) is 0. The maximum atomic E-state index is 6.11. The van der Waals surface area contributed by atoms with Crippen molar-refractivity contribution in [1.82, 2.24) is 5.32 Å². The third kappa shape index (κ3) is 3.35. The van der Waals surface area contributed by atoms with E-state index in [9.17, 15) is 0 Å². The summed E-state index contributed by atoms with van der Waals surface area (Å²) < 4.78 is 5.61. The summed E-state index contributed by atoms with van der Waals surface area (Å²) in [6, 6.07) is 0. The lowest BCUT2D eigenvalue weighted by Gasteiger charge is -2.26. The summed E-state index contributed by atoms with van der Waals surface area (Å²) in [6.45, 7) is 3.16. The zero-order valence-corrected chi connectivity index (χ0v) is 10.9. The molecule has 3 heteroatoms. The van der Waals surface area contributed by atoms with E-state index in [-0.39, 0.29) is 0 Å². The van der Waals surface area contributed by atoms with Gasteiger partial charge in [-0.15, -0.1) is 11.6 Å². The molecule has 2 nitrogen and oxygen atoms in total. The number of rotatable bonds is 6. The molecule has 0 aromatic rings. The van der Waals surface area contributed by atoms with Gasteiger partial charge in [0.2, 0.25) is 0 Å². The molecular formula is C13H24ClNO. The van der Waals surface area contributed by atoms with Crippen molar-refractivity contribution in [3.05, 3.63) is 0 Å². The summed E-state index contributed by atoms with van der Waals surface area (Å²) in [7, 11) is 0. The highest BCUT2D eigenvalue weighted by Gasteiger charge is 2.32. The highest BCUT2D eigenvalue weighted by atomic mass is 35.5. The van der Waals surface area contributed by atoms with Crippen LogP contribution in [-0.2, 0) is 4.74 Å². The fraction of sp³-hybridized carbons (Fsp3) is 1.00. The van der Waals surface area contributed by atoms with Crippen LogP contribution in [0.15, 0.2) is 0 Å². The van der Waals surface area contributed by atoms with Crippen LogP contribution in [0.4, 0.5) is 0 Å².